The van der Waals surface area contributed by atoms with Crippen molar-refractivity contribution >= 4 is 5.91 Å². The second-order valence-corrected chi connectivity index (χ2v) is 5.35. The molecular weight excluding hydrogens is 202 g/mol. The van der Waals surface area contributed by atoms with E-state index in [1.165, 1.54) is 0 Å². The highest BCUT2D eigenvalue weighted by Gasteiger charge is 2.46. The number of carbonyl (C=O) groups is 1. The van der Waals surface area contributed by atoms with Crippen molar-refractivity contribution < 1.29 is 9.90 Å². The molecule has 0 unspecified atom stereocenters. The second kappa shape index (κ2) is 5.67. The van der Waals surface area contributed by atoms with E-state index in [0.717, 1.165) is 32.1 Å². The van der Waals surface area contributed by atoms with Crippen LogP contribution in [-0.2, 0) is 4.79 Å². The maximum atomic E-state index is 11.7. The molecule has 1 N–H and O–H groups in total. The standard InChI is InChI=1S/C13H25NO2/c1-4-5-7-13(10-15)8-6-11(13)9-12(16)14(2)3/h11,15H,4-10H2,1-3H3/t11-,13-/m0/s1. The van der Waals surface area contributed by atoms with Crippen LogP contribution in [0.5, 0.6) is 0 Å². The fourth-order valence-electron chi connectivity index (χ4n) is 2.61. The van der Waals surface area contributed by atoms with Gasteiger partial charge in [-0.2, -0.15) is 0 Å². The summed E-state index contributed by atoms with van der Waals surface area (Å²) in [5.74, 6) is 0.595. The van der Waals surface area contributed by atoms with Crippen molar-refractivity contribution in [3.63, 3.8) is 0 Å². The molecule has 3 nitrogen and oxygen atoms in total. The van der Waals surface area contributed by atoms with Crippen LogP contribution in [0.25, 0.3) is 0 Å². The first kappa shape index (κ1) is 13.5. The summed E-state index contributed by atoms with van der Waals surface area (Å²) in [5, 5.41) is 9.56. The van der Waals surface area contributed by atoms with Crippen LogP contribution in [0.4, 0.5) is 0 Å². The van der Waals surface area contributed by atoms with E-state index in [0.29, 0.717) is 12.3 Å². The number of amides is 1. The summed E-state index contributed by atoms with van der Waals surface area (Å²) in [6, 6.07) is 0. The van der Waals surface area contributed by atoms with E-state index in [-0.39, 0.29) is 17.9 Å². The van der Waals surface area contributed by atoms with Crippen molar-refractivity contribution in [2.45, 2.75) is 45.4 Å². The van der Waals surface area contributed by atoms with Gasteiger partial charge in [-0.1, -0.05) is 19.8 Å². The number of nitrogens with zero attached hydrogens (tertiary/aromatic N) is 1. The molecule has 16 heavy (non-hydrogen) atoms. The molecule has 0 heterocycles. The summed E-state index contributed by atoms with van der Waals surface area (Å²) in [7, 11) is 3.60. The zero-order valence-corrected chi connectivity index (χ0v) is 10.8. The number of hydrogen-bond acceptors (Lipinski definition) is 2. The van der Waals surface area contributed by atoms with Crippen LogP contribution in [0.1, 0.15) is 45.4 Å². The van der Waals surface area contributed by atoms with Gasteiger partial charge in [-0.25, -0.2) is 0 Å². The van der Waals surface area contributed by atoms with E-state index < -0.39 is 0 Å². The smallest absolute Gasteiger partial charge is 0.222 e. The van der Waals surface area contributed by atoms with E-state index in [4.69, 9.17) is 0 Å². The summed E-state index contributed by atoms with van der Waals surface area (Å²) < 4.78 is 0. The summed E-state index contributed by atoms with van der Waals surface area (Å²) >= 11 is 0. The Morgan fingerprint density at radius 2 is 2.19 bits per heavy atom. The van der Waals surface area contributed by atoms with E-state index in [1.54, 1.807) is 19.0 Å². The number of aliphatic hydroxyl groups excluding tert-OH is 1. The van der Waals surface area contributed by atoms with Crippen LogP contribution in [0, 0.1) is 11.3 Å². The average Bonchev–Trinajstić information content (AvgIpc) is 2.25. The van der Waals surface area contributed by atoms with Gasteiger partial charge in [-0.15, -0.1) is 0 Å². The van der Waals surface area contributed by atoms with Gasteiger partial charge in [0.2, 0.25) is 5.91 Å². The molecular formula is C13H25NO2. The first-order valence-corrected chi connectivity index (χ1v) is 6.36. The Bertz CT molecular complexity index is 236. The molecule has 0 saturated heterocycles. The fourth-order valence-corrected chi connectivity index (χ4v) is 2.61. The van der Waals surface area contributed by atoms with Gasteiger partial charge in [0.05, 0.1) is 0 Å². The minimum Gasteiger partial charge on any atom is -0.396 e. The van der Waals surface area contributed by atoms with Crippen LogP contribution in [0.15, 0.2) is 0 Å². The highest BCUT2D eigenvalue weighted by molar-refractivity contribution is 5.76. The maximum absolute atomic E-state index is 11.7. The molecule has 1 aliphatic carbocycles. The lowest BCUT2D eigenvalue weighted by Crippen LogP contribution is -2.45. The van der Waals surface area contributed by atoms with E-state index in [9.17, 15) is 9.90 Å². The van der Waals surface area contributed by atoms with Crippen molar-refractivity contribution in [3.8, 4) is 0 Å². The average molecular weight is 227 g/mol. The summed E-state index contributed by atoms with van der Waals surface area (Å²) in [4.78, 5) is 13.3. The van der Waals surface area contributed by atoms with Crippen LogP contribution in [0.3, 0.4) is 0 Å². The van der Waals surface area contributed by atoms with Crippen LogP contribution >= 0.6 is 0 Å². The van der Waals surface area contributed by atoms with Crippen molar-refractivity contribution in [1.29, 1.82) is 0 Å². The third-order valence-corrected chi connectivity index (χ3v) is 4.12. The molecule has 3 heteroatoms. The first-order chi connectivity index (χ1) is 7.55. The third-order valence-electron chi connectivity index (χ3n) is 4.12. The maximum Gasteiger partial charge on any atom is 0.222 e. The molecule has 0 aromatic heterocycles. The Morgan fingerprint density at radius 3 is 2.56 bits per heavy atom. The van der Waals surface area contributed by atoms with Gasteiger partial charge in [0.1, 0.15) is 0 Å². The highest BCUT2D eigenvalue weighted by atomic mass is 16.3. The lowest BCUT2D eigenvalue weighted by Gasteiger charge is -2.49. The molecule has 1 saturated carbocycles. The fraction of sp³-hybridized carbons (Fsp3) is 0.923. The van der Waals surface area contributed by atoms with E-state index >= 15 is 0 Å². The molecule has 1 rings (SSSR count). The highest BCUT2D eigenvalue weighted by Crippen LogP contribution is 2.51. The molecule has 94 valence electrons. The lowest BCUT2D eigenvalue weighted by molar-refractivity contribution is -0.134. The minimum atomic E-state index is 0.0572. The topological polar surface area (TPSA) is 40.5 Å². The van der Waals surface area contributed by atoms with Crippen molar-refractivity contribution in [1.82, 2.24) is 4.90 Å². The molecule has 1 amide bonds. The number of carbonyl (C=O) groups excluding carboxylic acids is 1. The minimum absolute atomic E-state index is 0.0572. The molecule has 0 spiro atoms. The molecule has 0 bridgehead atoms. The quantitative estimate of drug-likeness (QED) is 0.754. The molecule has 0 aromatic rings. The predicted octanol–water partition coefficient (Wildman–Crippen LogP) is 2.04. The van der Waals surface area contributed by atoms with Gasteiger partial charge in [-0.3, -0.25) is 4.79 Å². The molecule has 0 aromatic carbocycles. The summed E-state index contributed by atoms with van der Waals surface area (Å²) in [5.41, 5.74) is 0.0572. The number of rotatable bonds is 6. The van der Waals surface area contributed by atoms with E-state index in [1.807, 2.05) is 0 Å². The molecule has 0 radical (unpaired) electrons. The SMILES string of the molecule is CCCC[C@@]1(CO)CC[C@H]1CC(=O)N(C)C. The molecule has 1 aliphatic rings. The van der Waals surface area contributed by atoms with Gasteiger partial charge in [-0.05, 0) is 30.6 Å². The third kappa shape index (κ3) is 2.76. The second-order valence-electron chi connectivity index (χ2n) is 5.35. The zero-order chi connectivity index (χ0) is 12.2. The van der Waals surface area contributed by atoms with Crippen molar-refractivity contribution in [3.05, 3.63) is 0 Å². The summed E-state index contributed by atoms with van der Waals surface area (Å²) in [6.45, 7) is 2.42. The first-order valence-electron chi connectivity index (χ1n) is 6.36. The Labute approximate surface area is 98.8 Å². The molecule has 2 atom stereocenters. The monoisotopic (exact) mass is 227 g/mol. The van der Waals surface area contributed by atoms with Crippen LogP contribution in [-0.4, -0.2) is 36.6 Å². The zero-order valence-electron chi connectivity index (χ0n) is 10.8. The Kier molecular flexibility index (Phi) is 4.78. The predicted molar refractivity (Wildman–Crippen MR) is 65.1 cm³/mol. The largest absolute Gasteiger partial charge is 0.396 e. The summed E-state index contributed by atoms with van der Waals surface area (Å²) in [6.07, 6.45) is 6.20. The Balaban J connectivity index is 2.50. The van der Waals surface area contributed by atoms with Crippen LogP contribution in [0.2, 0.25) is 0 Å². The van der Waals surface area contributed by atoms with E-state index in [2.05, 4.69) is 6.92 Å². The number of hydrogen-bond donors (Lipinski definition) is 1. The lowest BCUT2D eigenvalue weighted by atomic mass is 9.57. The van der Waals surface area contributed by atoms with Gasteiger partial charge in [0.25, 0.3) is 0 Å². The Morgan fingerprint density at radius 1 is 1.50 bits per heavy atom. The van der Waals surface area contributed by atoms with Gasteiger partial charge in [0, 0.05) is 27.1 Å². The van der Waals surface area contributed by atoms with Gasteiger partial charge in [0.15, 0.2) is 0 Å². The van der Waals surface area contributed by atoms with Crippen molar-refractivity contribution in [2.75, 3.05) is 20.7 Å². The number of unbranched alkanes of at least 4 members (excludes halogenated alkanes) is 1. The van der Waals surface area contributed by atoms with Gasteiger partial charge >= 0.3 is 0 Å². The Hall–Kier alpha value is -0.570. The number of aliphatic hydroxyl groups is 1. The van der Waals surface area contributed by atoms with Crippen LogP contribution < -0.4 is 0 Å². The molecule has 1 fully saturated rings. The van der Waals surface area contributed by atoms with Crippen molar-refractivity contribution in [2.24, 2.45) is 11.3 Å². The normalized spacial score (nSPS) is 28.6. The molecule has 0 aliphatic heterocycles. The van der Waals surface area contributed by atoms with Gasteiger partial charge < -0.3 is 10.0 Å².